The van der Waals surface area contributed by atoms with Crippen LogP contribution < -0.4 is 10.4 Å². The van der Waals surface area contributed by atoms with Gasteiger partial charge in [-0.2, -0.15) is 0 Å². The lowest BCUT2D eigenvalue weighted by atomic mass is 9.47. The first-order chi connectivity index (χ1) is 22.9. The van der Waals surface area contributed by atoms with E-state index in [1.54, 1.807) is 7.11 Å². The second-order valence-corrected chi connectivity index (χ2v) is 20.6. The molecule has 7 heteroatoms. The van der Waals surface area contributed by atoms with Crippen LogP contribution in [0.1, 0.15) is 80.1 Å². The highest BCUT2D eigenvalue weighted by Crippen LogP contribution is 2.66. The second-order valence-electron chi connectivity index (χ2n) is 16.3. The first-order valence-electron chi connectivity index (χ1n) is 18.2. The molecular formula is C41H56O6Si. The molecule has 48 heavy (non-hydrogen) atoms. The van der Waals surface area contributed by atoms with Crippen LogP contribution in [0.25, 0.3) is 0 Å². The minimum Gasteiger partial charge on any atom is -0.456 e. The second kappa shape index (κ2) is 13.6. The highest BCUT2D eigenvalue weighted by atomic mass is 28.4. The Morgan fingerprint density at radius 3 is 2.23 bits per heavy atom. The van der Waals surface area contributed by atoms with E-state index >= 15 is 0 Å². The summed E-state index contributed by atoms with van der Waals surface area (Å²) in [4.78, 5) is 28.4. The number of ether oxygens (including phenoxy) is 3. The molecule has 0 amide bonds. The summed E-state index contributed by atoms with van der Waals surface area (Å²) in [6.07, 6.45) is 6.88. The van der Waals surface area contributed by atoms with Gasteiger partial charge in [-0.1, -0.05) is 108 Å². The highest BCUT2D eigenvalue weighted by molar-refractivity contribution is 6.99. The number of methoxy groups -OCH3 is 1. The SMILES string of the molecule is COCC/C1=C/[C@@H](OC(=O)CO[Si](c2ccccc2)(c2ccccc2)C(C)(C)C)[C@]2(C)C(C)CC[C@]3(CCC(=O)[C@H]32)[C@@H](C)[C@@H]2OCC[C@@H]12. The predicted molar refractivity (Wildman–Crippen MR) is 192 cm³/mol. The smallest absolute Gasteiger partial charge is 0.331 e. The van der Waals surface area contributed by atoms with Crippen LogP contribution in [0.5, 0.6) is 0 Å². The Balaban J connectivity index is 1.41. The van der Waals surface area contributed by atoms with Crippen LogP contribution in [-0.4, -0.2) is 59.2 Å². The van der Waals surface area contributed by atoms with E-state index in [0.717, 1.165) is 42.5 Å². The summed E-state index contributed by atoms with van der Waals surface area (Å²) in [5.41, 5.74) is 0.524. The first kappa shape index (κ1) is 35.3. The van der Waals surface area contributed by atoms with Gasteiger partial charge in [0, 0.05) is 44.0 Å². The first-order valence-corrected chi connectivity index (χ1v) is 20.1. The Bertz CT molecular complexity index is 1440. The quantitative estimate of drug-likeness (QED) is 0.164. The third-order valence-electron chi connectivity index (χ3n) is 13.1. The van der Waals surface area contributed by atoms with Crippen molar-refractivity contribution in [1.82, 2.24) is 0 Å². The van der Waals surface area contributed by atoms with Crippen LogP contribution in [0.3, 0.4) is 0 Å². The molecule has 1 saturated heterocycles. The normalized spacial score (nSPS) is 34.6. The Kier molecular flexibility index (Phi) is 10.00. The summed E-state index contributed by atoms with van der Waals surface area (Å²) in [5, 5.41) is 1.97. The van der Waals surface area contributed by atoms with Gasteiger partial charge in [-0.15, -0.1) is 0 Å². The van der Waals surface area contributed by atoms with Crippen LogP contribution in [0.4, 0.5) is 0 Å². The fourth-order valence-corrected chi connectivity index (χ4v) is 15.0. The van der Waals surface area contributed by atoms with Crippen LogP contribution in [0.2, 0.25) is 5.04 Å². The molecule has 6 nitrogen and oxygen atoms in total. The molecule has 0 aromatic heterocycles. The van der Waals surface area contributed by atoms with Crippen LogP contribution >= 0.6 is 0 Å². The molecule has 0 spiro atoms. The van der Waals surface area contributed by atoms with Crippen LogP contribution in [0.15, 0.2) is 72.3 Å². The van der Waals surface area contributed by atoms with Gasteiger partial charge < -0.3 is 18.6 Å². The molecule has 4 aliphatic rings. The van der Waals surface area contributed by atoms with Crippen LogP contribution in [-0.2, 0) is 28.2 Å². The molecule has 1 heterocycles. The summed E-state index contributed by atoms with van der Waals surface area (Å²) < 4.78 is 25.9. The predicted octanol–water partition coefficient (Wildman–Crippen LogP) is 6.89. The van der Waals surface area contributed by atoms with Gasteiger partial charge in [-0.05, 0) is 70.8 Å². The number of esters is 1. The molecule has 260 valence electrons. The molecule has 3 fully saturated rings. The number of benzene rings is 2. The molecular weight excluding hydrogens is 617 g/mol. The zero-order valence-electron chi connectivity index (χ0n) is 30.1. The number of hydrogen-bond acceptors (Lipinski definition) is 6. The van der Waals surface area contributed by atoms with Crippen molar-refractivity contribution in [3.8, 4) is 0 Å². The van der Waals surface area contributed by atoms with E-state index in [9.17, 15) is 9.59 Å². The molecule has 0 radical (unpaired) electrons. The van der Waals surface area contributed by atoms with Gasteiger partial charge in [0.2, 0.25) is 0 Å². The Morgan fingerprint density at radius 1 is 0.979 bits per heavy atom. The number of fused-ring (bicyclic) bond motifs is 1. The van der Waals surface area contributed by atoms with Gasteiger partial charge in [0.15, 0.2) is 0 Å². The number of ketones is 1. The molecule has 2 aromatic rings. The lowest BCUT2D eigenvalue weighted by molar-refractivity contribution is -0.178. The van der Waals surface area contributed by atoms with Crippen molar-refractivity contribution in [2.45, 2.75) is 97.3 Å². The number of carbonyl (C=O) groups is 2. The van der Waals surface area contributed by atoms with E-state index in [0.29, 0.717) is 25.4 Å². The van der Waals surface area contributed by atoms with Gasteiger partial charge >= 0.3 is 5.97 Å². The van der Waals surface area contributed by atoms with Crippen molar-refractivity contribution in [2.24, 2.45) is 34.5 Å². The maximum Gasteiger partial charge on any atom is 0.331 e. The minimum absolute atomic E-state index is 0.0482. The third-order valence-corrected chi connectivity index (χ3v) is 18.1. The standard InChI is InChI=1S/C41H56O6Si/c1-28-18-22-41-23-19-34(42)38(41)40(28,6)35(26-30(20-24-44-7)33-21-25-45-37(33)29(41)2)47-36(43)27-46-48(39(3,4)5,31-14-10-8-11-15-31)32-16-12-9-13-17-32/h8-17,26,28-29,33,35,37-38H,18-25,27H2,1-7H3/b30-26-/t28?,29-,33-,35+,37-,38-,40-,41-/m0/s1. The summed E-state index contributed by atoms with van der Waals surface area (Å²) in [7, 11) is -1.22. The summed E-state index contributed by atoms with van der Waals surface area (Å²) >= 11 is 0. The van der Waals surface area contributed by atoms with Gasteiger partial charge in [0.05, 0.1) is 6.10 Å². The Morgan fingerprint density at radius 2 is 1.62 bits per heavy atom. The van der Waals surface area contributed by atoms with Crippen molar-refractivity contribution in [3.05, 3.63) is 72.3 Å². The van der Waals surface area contributed by atoms with E-state index in [4.69, 9.17) is 18.6 Å². The topological polar surface area (TPSA) is 71.1 Å². The third kappa shape index (κ3) is 5.76. The van der Waals surface area contributed by atoms with Crippen molar-refractivity contribution in [1.29, 1.82) is 0 Å². The van der Waals surface area contributed by atoms with Crippen molar-refractivity contribution < 1.29 is 28.2 Å². The van der Waals surface area contributed by atoms with E-state index in [2.05, 4.69) is 96.1 Å². The summed E-state index contributed by atoms with van der Waals surface area (Å²) in [6.45, 7) is 14.6. The minimum atomic E-state index is -2.96. The fourth-order valence-electron chi connectivity index (χ4n) is 10.5. The molecule has 8 atom stereocenters. The van der Waals surface area contributed by atoms with Crippen molar-refractivity contribution >= 4 is 30.4 Å². The molecule has 6 rings (SSSR count). The van der Waals surface area contributed by atoms with E-state index in [1.807, 2.05) is 12.1 Å². The van der Waals surface area contributed by atoms with Crippen molar-refractivity contribution in [2.75, 3.05) is 26.9 Å². The zero-order valence-corrected chi connectivity index (χ0v) is 31.1. The van der Waals surface area contributed by atoms with E-state index in [-0.39, 0.29) is 52.8 Å². The molecule has 3 aliphatic carbocycles. The Labute approximate surface area is 289 Å². The average Bonchev–Trinajstić information content (AvgIpc) is 3.70. The summed E-state index contributed by atoms with van der Waals surface area (Å²) in [5.74, 6) is 0.391. The zero-order chi connectivity index (χ0) is 34.3. The fraction of sp³-hybridized carbons (Fsp3) is 0.610. The average molecular weight is 673 g/mol. The number of hydrogen-bond donors (Lipinski definition) is 0. The largest absolute Gasteiger partial charge is 0.456 e. The number of rotatable bonds is 9. The number of Topliss-reactive ketones (excluding diaryl/α,β-unsaturated/α-hetero) is 1. The highest BCUT2D eigenvalue weighted by Gasteiger charge is 2.66. The maximum absolute atomic E-state index is 14.3. The monoisotopic (exact) mass is 672 g/mol. The molecule has 2 aromatic carbocycles. The molecule has 0 N–H and O–H groups in total. The van der Waals surface area contributed by atoms with Gasteiger partial charge in [0.25, 0.3) is 8.32 Å². The summed E-state index contributed by atoms with van der Waals surface area (Å²) in [6, 6.07) is 20.8. The van der Waals surface area contributed by atoms with E-state index in [1.165, 1.54) is 5.57 Å². The van der Waals surface area contributed by atoms with Gasteiger partial charge in [0.1, 0.15) is 18.5 Å². The molecule has 1 aliphatic heterocycles. The maximum atomic E-state index is 14.3. The molecule has 2 bridgehead atoms. The molecule has 2 saturated carbocycles. The lowest BCUT2D eigenvalue weighted by Gasteiger charge is -2.57. The van der Waals surface area contributed by atoms with Crippen LogP contribution in [0, 0.1) is 34.5 Å². The number of carbonyl (C=O) groups excluding carboxylic acids is 2. The van der Waals surface area contributed by atoms with Gasteiger partial charge in [-0.3, -0.25) is 4.79 Å². The molecule has 1 unspecified atom stereocenters. The lowest BCUT2D eigenvalue weighted by Crippen LogP contribution is -2.67. The van der Waals surface area contributed by atoms with Crippen molar-refractivity contribution in [3.63, 3.8) is 0 Å². The van der Waals surface area contributed by atoms with Gasteiger partial charge in [-0.25, -0.2) is 4.79 Å². The van der Waals surface area contributed by atoms with E-state index < -0.39 is 19.8 Å². The Hall–Kier alpha value is -2.58.